The van der Waals surface area contributed by atoms with Gasteiger partial charge in [0.05, 0.1) is 12.6 Å². The molecule has 0 aliphatic carbocycles. The number of nitrogens with one attached hydrogen (secondary N) is 1. The highest BCUT2D eigenvalue weighted by atomic mass is 16.5. The standard InChI is InChI=1S/C16H29N3O/c1-6-16(7-2,19(4)5)15(18-17)13-11-9-10-12-14(13)20-8-3/h9-12,15,18H,6-8,17H2,1-5H3. The Labute approximate surface area is 123 Å². The molecule has 1 rings (SSSR count). The van der Waals surface area contributed by atoms with Gasteiger partial charge in [-0.05, 0) is 39.9 Å². The molecule has 4 nitrogen and oxygen atoms in total. The molecule has 0 aliphatic heterocycles. The molecule has 0 saturated carbocycles. The van der Waals surface area contributed by atoms with Crippen LogP contribution < -0.4 is 16.0 Å². The lowest BCUT2D eigenvalue weighted by Crippen LogP contribution is -2.54. The summed E-state index contributed by atoms with van der Waals surface area (Å²) in [5.74, 6) is 6.82. The quantitative estimate of drug-likeness (QED) is 0.567. The predicted molar refractivity (Wildman–Crippen MR) is 84.7 cm³/mol. The van der Waals surface area contributed by atoms with Crippen LogP contribution in [0, 0.1) is 0 Å². The van der Waals surface area contributed by atoms with E-state index in [-0.39, 0.29) is 11.6 Å². The monoisotopic (exact) mass is 279 g/mol. The van der Waals surface area contributed by atoms with Gasteiger partial charge in [0.15, 0.2) is 0 Å². The Morgan fingerprint density at radius 1 is 1.20 bits per heavy atom. The van der Waals surface area contributed by atoms with Gasteiger partial charge in [-0.25, -0.2) is 0 Å². The average Bonchev–Trinajstić information content (AvgIpc) is 2.46. The zero-order valence-corrected chi connectivity index (χ0v) is 13.4. The molecule has 3 N–H and O–H groups in total. The summed E-state index contributed by atoms with van der Waals surface area (Å²) in [5.41, 5.74) is 4.10. The summed E-state index contributed by atoms with van der Waals surface area (Å²) in [5, 5.41) is 0. The van der Waals surface area contributed by atoms with Crippen molar-refractivity contribution in [3.63, 3.8) is 0 Å². The zero-order valence-electron chi connectivity index (χ0n) is 13.4. The van der Waals surface area contributed by atoms with Crippen molar-refractivity contribution in [1.29, 1.82) is 0 Å². The van der Waals surface area contributed by atoms with Crippen molar-refractivity contribution in [2.24, 2.45) is 5.84 Å². The van der Waals surface area contributed by atoms with E-state index in [0.717, 1.165) is 24.2 Å². The lowest BCUT2D eigenvalue weighted by molar-refractivity contribution is 0.0866. The summed E-state index contributed by atoms with van der Waals surface area (Å²) in [4.78, 5) is 2.26. The minimum absolute atomic E-state index is 0.0234. The fourth-order valence-corrected chi connectivity index (χ4v) is 3.09. The number of hydrogen-bond acceptors (Lipinski definition) is 4. The average molecular weight is 279 g/mol. The number of rotatable bonds is 8. The van der Waals surface area contributed by atoms with Crippen molar-refractivity contribution in [1.82, 2.24) is 10.3 Å². The Bertz CT molecular complexity index is 402. The SMILES string of the molecule is CCOc1ccccc1C(NN)C(CC)(CC)N(C)C. The Balaban J connectivity index is 3.30. The molecule has 4 heteroatoms. The Morgan fingerprint density at radius 2 is 1.80 bits per heavy atom. The highest BCUT2D eigenvalue weighted by Crippen LogP contribution is 2.39. The summed E-state index contributed by atoms with van der Waals surface area (Å²) in [6.45, 7) is 7.07. The number of hydrogen-bond donors (Lipinski definition) is 2. The van der Waals surface area contributed by atoms with Gasteiger partial charge in [-0.15, -0.1) is 0 Å². The van der Waals surface area contributed by atoms with E-state index in [4.69, 9.17) is 10.6 Å². The van der Waals surface area contributed by atoms with Gasteiger partial charge in [0.1, 0.15) is 5.75 Å². The molecule has 0 aromatic heterocycles. The van der Waals surface area contributed by atoms with E-state index < -0.39 is 0 Å². The van der Waals surface area contributed by atoms with Gasteiger partial charge in [-0.1, -0.05) is 32.0 Å². The molecule has 0 spiro atoms. The van der Waals surface area contributed by atoms with Gasteiger partial charge in [-0.3, -0.25) is 11.3 Å². The van der Waals surface area contributed by atoms with E-state index in [9.17, 15) is 0 Å². The van der Waals surface area contributed by atoms with Crippen LogP contribution in [0.2, 0.25) is 0 Å². The van der Waals surface area contributed by atoms with E-state index in [0.29, 0.717) is 6.61 Å². The van der Waals surface area contributed by atoms with Gasteiger partial charge in [-0.2, -0.15) is 0 Å². The first-order valence-electron chi connectivity index (χ1n) is 7.42. The number of benzene rings is 1. The minimum atomic E-state index is -0.0397. The Kier molecular flexibility index (Phi) is 6.46. The molecule has 0 amide bonds. The first kappa shape index (κ1) is 17.0. The largest absolute Gasteiger partial charge is 0.494 e. The van der Waals surface area contributed by atoms with Crippen LogP contribution in [-0.2, 0) is 0 Å². The van der Waals surface area contributed by atoms with Crippen molar-refractivity contribution in [2.45, 2.75) is 45.2 Å². The van der Waals surface area contributed by atoms with Crippen molar-refractivity contribution in [3.8, 4) is 5.75 Å². The molecular weight excluding hydrogens is 250 g/mol. The number of nitrogens with zero attached hydrogens (tertiary/aromatic N) is 1. The third-order valence-corrected chi connectivity index (χ3v) is 4.35. The topological polar surface area (TPSA) is 50.5 Å². The maximum atomic E-state index is 5.91. The summed E-state index contributed by atoms with van der Waals surface area (Å²) in [6.07, 6.45) is 2.01. The molecule has 0 radical (unpaired) electrons. The van der Waals surface area contributed by atoms with Crippen molar-refractivity contribution in [2.75, 3.05) is 20.7 Å². The van der Waals surface area contributed by atoms with Crippen LogP contribution in [0.5, 0.6) is 5.75 Å². The Hall–Kier alpha value is -1.10. The van der Waals surface area contributed by atoms with Gasteiger partial charge >= 0.3 is 0 Å². The molecule has 0 fully saturated rings. The van der Waals surface area contributed by atoms with Crippen LogP contribution in [0.25, 0.3) is 0 Å². The molecule has 1 aromatic rings. The first-order chi connectivity index (χ1) is 9.57. The summed E-state index contributed by atoms with van der Waals surface area (Å²) in [7, 11) is 4.22. The van der Waals surface area contributed by atoms with Crippen molar-refractivity contribution < 1.29 is 4.74 Å². The molecule has 20 heavy (non-hydrogen) atoms. The molecule has 114 valence electrons. The van der Waals surface area contributed by atoms with E-state index in [1.54, 1.807) is 0 Å². The van der Waals surface area contributed by atoms with Crippen LogP contribution in [-0.4, -0.2) is 31.1 Å². The number of nitrogens with two attached hydrogens (primary N) is 1. The molecule has 0 aliphatic rings. The summed E-state index contributed by atoms with van der Waals surface area (Å²) < 4.78 is 5.77. The molecule has 1 atom stereocenters. The number of hydrazine groups is 1. The number of para-hydroxylation sites is 1. The van der Waals surface area contributed by atoms with Gasteiger partial charge in [0.25, 0.3) is 0 Å². The molecule has 1 unspecified atom stereocenters. The van der Waals surface area contributed by atoms with Crippen LogP contribution in [0.1, 0.15) is 45.2 Å². The normalized spacial score (nSPS) is 13.6. The third-order valence-electron chi connectivity index (χ3n) is 4.35. The number of ether oxygens (including phenoxy) is 1. The highest BCUT2D eigenvalue weighted by Gasteiger charge is 2.39. The second-order valence-corrected chi connectivity index (χ2v) is 5.28. The fraction of sp³-hybridized carbons (Fsp3) is 0.625. The Morgan fingerprint density at radius 3 is 2.25 bits per heavy atom. The minimum Gasteiger partial charge on any atom is -0.494 e. The van der Waals surface area contributed by atoms with Gasteiger partial charge < -0.3 is 9.64 Å². The first-order valence-corrected chi connectivity index (χ1v) is 7.42. The maximum absolute atomic E-state index is 5.91. The van der Waals surface area contributed by atoms with Crippen LogP contribution in [0.3, 0.4) is 0 Å². The summed E-state index contributed by atoms with van der Waals surface area (Å²) >= 11 is 0. The molecule has 0 saturated heterocycles. The second kappa shape index (κ2) is 7.62. The fourth-order valence-electron chi connectivity index (χ4n) is 3.09. The van der Waals surface area contributed by atoms with Crippen LogP contribution in [0.4, 0.5) is 0 Å². The molecular formula is C16H29N3O. The van der Waals surface area contributed by atoms with Crippen LogP contribution >= 0.6 is 0 Å². The number of likely N-dealkylation sites (N-methyl/N-ethyl adjacent to an activating group) is 1. The van der Waals surface area contributed by atoms with E-state index >= 15 is 0 Å². The smallest absolute Gasteiger partial charge is 0.124 e. The lowest BCUT2D eigenvalue weighted by Gasteiger charge is -2.45. The van der Waals surface area contributed by atoms with Crippen molar-refractivity contribution >= 4 is 0 Å². The van der Waals surface area contributed by atoms with E-state index in [1.807, 2.05) is 25.1 Å². The molecule has 0 bridgehead atoms. The molecule has 1 aromatic carbocycles. The zero-order chi connectivity index (χ0) is 15.2. The van der Waals surface area contributed by atoms with Crippen molar-refractivity contribution in [3.05, 3.63) is 29.8 Å². The van der Waals surface area contributed by atoms with Gasteiger partial charge in [0.2, 0.25) is 0 Å². The maximum Gasteiger partial charge on any atom is 0.124 e. The summed E-state index contributed by atoms with van der Waals surface area (Å²) in [6, 6.07) is 8.16. The molecule has 0 heterocycles. The second-order valence-electron chi connectivity index (χ2n) is 5.28. The van der Waals surface area contributed by atoms with E-state index in [2.05, 4.69) is 44.3 Å². The van der Waals surface area contributed by atoms with Crippen LogP contribution in [0.15, 0.2) is 24.3 Å². The lowest BCUT2D eigenvalue weighted by atomic mass is 9.79. The third kappa shape index (κ3) is 3.14. The predicted octanol–water partition coefficient (Wildman–Crippen LogP) is 2.71. The highest BCUT2D eigenvalue weighted by molar-refractivity contribution is 5.38. The van der Waals surface area contributed by atoms with Gasteiger partial charge in [0, 0.05) is 11.1 Å². The van der Waals surface area contributed by atoms with E-state index in [1.165, 1.54) is 0 Å².